The summed E-state index contributed by atoms with van der Waals surface area (Å²) in [4.78, 5) is 8.35. The minimum atomic E-state index is -4.19. The Bertz CT molecular complexity index is 156. The van der Waals surface area contributed by atoms with Gasteiger partial charge < -0.3 is 0 Å². The van der Waals surface area contributed by atoms with E-state index < -0.39 is 9.33 Å². The Hall–Kier alpha value is -0.420. The van der Waals surface area contributed by atoms with Crippen LogP contribution in [-0.4, -0.2) is 19.1 Å². The van der Waals surface area contributed by atoms with Crippen molar-refractivity contribution in [1.29, 1.82) is 5.41 Å². The Morgan fingerprint density at radius 1 is 1.62 bits per heavy atom. The van der Waals surface area contributed by atoms with Crippen LogP contribution in [0.4, 0.5) is 0 Å². The molecule has 0 aliphatic carbocycles. The van der Waals surface area contributed by atoms with Crippen LogP contribution >= 0.6 is 10.7 Å². The van der Waals surface area contributed by atoms with Gasteiger partial charge in [0.2, 0.25) is 6.08 Å². The van der Waals surface area contributed by atoms with Crippen molar-refractivity contribution in [1.82, 2.24) is 0 Å². The summed E-state index contributed by atoms with van der Waals surface area (Å²) < 4.78 is 25.2. The highest BCUT2D eigenvalue weighted by atomic mass is 35.7. The summed E-state index contributed by atoms with van der Waals surface area (Å²) in [7, 11) is -0.137. The molecular formula is CH2ClNO4S. The molecule has 0 unspecified atom stereocenters. The lowest BCUT2D eigenvalue weighted by atomic mass is 11.7. The Morgan fingerprint density at radius 3 is 1.62 bits per heavy atom. The van der Waals surface area contributed by atoms with Crippen molar-refractivity contribution in [3.63, 3.8) is 0 Å². The molecule has 0 aromatic carbocycles. The van der Waals surface area contributed by atoms with Crippen LogP contribution in [0.1, 0.15) is 0 Å². The third-order valence-corrected chi connectivity index (χ3v) is 0. The molecule has 0 spiro atoms. The highest BCUT2D eigenvalue weighted by Crippen LogP contribution is 1.82. The number of isocyanates is 1. The lowest BCUT2D eigenvalue weighted by molar-refractivity contribution is 0.501. The summed E-state index contributed by atoms with van der Waals surface area (Å²) in [6.07, 6.45) is 0.750. The number of hydrogen-bond donors (Lipinski definition) is 2. The van der Waals surface area contributed by atoms with E-state index in [2.05, 4.69) is 10.7 Å². The van der Waals surface area contributed by atoms with E-state index in [1.54, 1.807) is 0 Å². The highest BCUT2D eigenvalue weighted by molar-refractivity contribution is 8.09. The average molecular weight is 160 g/mol. The van der Waals surface area contributed by atoms with E-state index >= 15 is 0 Å². The van der Waals surface area contributed by atoms with E-state index in [0.717, 1.165) is 6.08 Å². The van der Waals surface area contributed by atoms with E-state index in [4.69, 9.17) is 23.2 Å². The van der Waals surface area contributed by atoms with Gasteiger partial charge in [0.25, 0.3) is 0 Å². The number of hydrogen-bond acceptors (Lipinski definition) is 4. The Morgan fingerprint density at radius 2 is 1.62 bits per heavy atom. The van der Waals surface area contributed by atoms with Gasteiger partial charge in [-0.3, -0.25) is 4.55 Å². The van der Waals surface area contributed by atoms with Gasteiger partial charge in [-0.05, 0) is 0 Å². The van der Waals surface area contributed by atoms with E-state index in [-0.39, 0.29) is 0 Å². The molecule has 0 fully saturated rings. The van der Waals surface area contributed by atoms with E-state index in [1.807, 2.05) is 0 Å². The summed E-state index contributed by atoms with van der Waals surface area (Å²) in [5.74, 6) is 0. The van der Waals surface area contributed by atoms with Crippen LogP contribution < -0.4 is 0 Å². The average Bonchev–Trinajstić information content (AvgIpc) is 1.27. The number of nitrogens with one attached hydrogen (secondary N) is 1. The molecule has 0 heterocycles. The van der Waals surface area contributed by atoms with Crippen molar-refractivity contribution in [2.45, 2.75) is 0 Å². The van der Waals surface area contributed by atoms with Gasteiger partial charge in [-0.25, -0.2) is 10.2 Å². The Balaban J connectivity index is 0. The maximum Gasteiger partial charge on any atom is 0.353 e. The predicted octanol–water partition coefficient (Wildman–Crippen LogP) is -0.0710. The molecule has 0 aliphatic heterocycles. The summed E-state index contributed by atoms with van der Waals surface area (Å²) >= 11 is 0. The van der Waals surface area contributed by atoms with Gasteiger partial charge in [0.05, 0.1) is 0 Å². The minimum absolute atomic E-state index is 0.750. The monoisotopic (exact) mass is 159 g/mol. The molecule has 0 saturated heterocycles. The lowest BCUT2D eigenvalue weighted by Gasteiger charge is -1.65. The lowest BCUT2D eigenvalue weighted by Crippen LogP contribution is -1.77. The summed E-state index contributed by atoms with van der Waals surface area (Å²) in [6.45, 7) is 0. The van der Waals surface area contributed by atoms with Crippen LogP contribution in [0.25, 0.3) is 0 Å². The van der Waals surface area contributed by atoms with Gasteiger partial charge in [-0.1, -0.05) is 0 Å². The number of rotatable bonds is 0. The van der Waals surface area contributed by atoms with E-state index in [9.17, 15) is 0 Å². The fraction of sp³-hybridized carbons (Fsp3) is 0. The normalized spacial score (nSPS) is 8.25. The standard InChI is InChI=1S/CHNO.ClHO3S/c2-1-3;1-5(2,3)4/h2H;(H,2,3,4). The molecular weight excluding hydrogens is 158 g/mol. The molecule has 0 amide bonds. The van der Waals surface area contributed by atoms with Crippen LogP contribution in [0.3, 0.4) is 0 Å². The maximum absolute atomic E-state index is 8.95. The Kier molecular flexibility index (Phi) is 6.23. The van der Waals surface area contributed by atoms with Crippen LogP contribution in [-0.2, 0) is 14.1 Å². The van der Waals surface area contributed by atoms with Gasteiger partial charge in [0.15, 0.2) is 0 Å². The molecule has 0 radical (unpaired) electrons. The number of halogens is 1. The maximum atomic E-state index is 8.95. The van der Waals surface area contributed by atoms with Gasteiger partial charge >= 0.3 is 9.33 Å². The van der Waals surface area contributed by atoms with E-state index in [0.29, 0.717) is 0 Å². The van der Waals surface area contributed by atoms with Gasteiger partial charge in [0, 0.05) is 10.7 Å². The molecule has 0 rings (SSSR count). The second kappa shape index (κ2) is 4.73. The van der Waals surface area contributed by atoms with Crippen LogP contribution in [0.2, 0.25) is 0 Å². The predicted molar refractivity (Wildman–Crippen MR) is 25.8 cm³/mol. The van der Waals surface area contributed by atoms with Gasteiger partial charge in [0.1, 0.15) is 0 Å². The minimum Gasteiger partial charge on any atom is -0.273 e. The molecule has 0 aromatic rings. The molecule has 5 nitrogen and oxygen atoms in total. The van der Waals surface area contributed by atoms with Crippen molar-refractivity contribution in [2.24, 2.45) is 0 Å². The van der Waals surface area contributed by atoms with Gasteiger partial charge in [-0.2, -0.15) is 8.42 Å². The molecule has 0 saturated carbocycles. The molecule has 0 aromatic heterocycles. The molecule has 7 heteroatoms. The first-order valence-electron chi connectivity index (χ1n) is 1.12. The largest absolute Gasteiger partial charge is 0.353 e. The van der Waals surface area contributed by atoms with Crippen molar-refractivity contribution >= 4 is 26.1 Å². The van der Waals surface area contributed by atoms with Crippen LogP contribution in [0.5, 0.6) is 0 Å². The third kappa shape index (κ3) is 664. The summed E-state index contributed by atoms with van der Waals surface area (Å²) in [5.41, 5.74) is 0. The molecule has 8 heavy (non-hydrogen) atoms. The molecule has 48 valence electrons. The second-order valence-electron chi connectivity index (χ2n) is 0.514. The van der Waals surface area contributed by atoms with Crippen molar-refractivity contribution in [3.05, 3.63) is 0 Å². The van der Waals surface area contributed by atoms with E-state index in [1.165, 1.54) is 0 Å². The first-order chi connectivity index (χ1) is 3.41. The first-order valence-corrected chi connectivity index (χ1v) is 3.39. The molecule has 0 aliphatic rings. The second-order valence-corrected chi connectivity index (χ2v) is 2.51. The quantitative estimate of drug-likeness (QED) is 0.224. The zero-order chi connectivity index (χ0) is 7.21. The fourth-order valence-corrected chi connectivity index (χ4v) is 0. The molecule has 0 bridgehead atoms. The zero-order valence-electron chi connectivity index (χ0n) is 3.46. The fourth-order valence-electron chi connectivity index (χ4n) is 0. The van der Waals surface area contributed by atoms with Crippen molar-refractivity contribution in [3.8, 4) is 0 Å². The smallest absolute Gasteiger partial charge is 0.273 e. The van der Waals surface area contributed by atoms with Crippen molar-refractivity contribution < 1.29 is 17.8 Å². The third-order valence-electron chi connectivity index (χ3n) is 0. The van der Waals surface area contributed by atoms with Crippen LogP contribution in [0, 0.1) is 5.41 Å². The zero-order valence-corrected chi connectivity index (χ0v) is 5.03. The summed E-state index contributed by atoms with van der Waals surface area (Å²) in [5, 5.41) is 5.40. The number of carbonyl (C=O) groups excluding carboxylic acids is 1. The first kappa shape index (κ1) is 10.5. The SMILES string of the molecule is N=C=O.O=S(=O)(O)Cl. The Labute approximate surface area is 50.0 Å². The highest BCUT2D eigenvalue weighted by Gasteiger charge is 1.86. The van der Waals surface area contributed by atoms with Gasteiger partial charge in [-0.15, -0.1) is 0 Å². The summed E-state index contributed by atoms with van der Waals surface area (Å²) in [6, 6.07) is 0. The molecule has 2 N–H and O–H groups in total. The van der Waals surface area contributed by atoms with Crippen molar-refractivity contribution in [2.75, 3.05) is 0 Å². The topological polar surface area (TPSA) is 95.3 Å². The van der Waals surface area contributed by atoms with Crippen LogP contribution in [0.15, 0.2) is 0 Å². The molecule has 0 atom stereocenters.